The van der Waals surface area contributed by atoms with Crippen LogP contribution in [0.25, 0.3) is 0 Å². The van der Waals surface area contributed by atoms with Gasteiger partial charge in [-0.2, -0.15) is 0 Å². The van der Waals surface area contributed by atoms with E-state index in [-0.39, 0.29) is 5.82 Å². The van der Waals surface area contributed by atoms with E-state index in [0.29, 0.717) is 17.7 Å². The van der Waals surface area contributed by atoms with Crippen LogP contribution in [0.5, 0.6) is 5.75 Å². The van der Waals surface area contributed by atoms with E-state index >= 15 is 0 Å². The summed E-state index contributed by atoms with van der Waals surface area (Å²) in [4.78, 5) is 0. The summed E-state index contributed by atoms with van der Waals surface area (Å²) < 4.78 is 19.4. The van der Waals surface area contributed by atoms with E-state index in [4.69, 9.17) is 4.74 Å². The fraction of sp³-hybridized carbons (Fsp3) is 0.647. The molecule has 0 aromatic heterocycles. The van der Waals surface area contributed by atoms with Crippen molar-refractivity contribution in [3.63, 3.8) is 0 Å². The summed E-state index contributed by atoms with van der Waals surface area (Å²) in [6.45, 7) is 0. The van der Waals surface area contributed by atoms with Crippen LogP contribution in [0.4, 0.5) is 4.39 Å². The van der Waals surface area contributed by atoms with Gasteiger partial charge in [0.15, 0.2) is 11.6 Å². The Kier molecular flexibility index (Phi) is 3.97. The van der Waals surface area contributed by atoms with Crippen molar-refractivity contribution in [2.24, 2.45) is 17.8 Å². The molecule has 1 aromatic rings. The average Bonchev–Trinajstić information content (AvgIpc) is 3.09. The summed E-state index contributed by atoms with van der Waals surface area (Å²) in [5.41, 5.74) is 0.770. The molecule has 2 nitrogen and oxygen atoms in total. The van der Waals surface area contributed by atoms with Crippen molar-refractivity contribution in [2.45, 2.75) is 38.1 Å². The summed E-state index contributed by atoms with van der Waals surface area (Å²) in [5.74, 6) is 2.65. The van der Waals surface area contributed by atoms with Crippen LogP contribution in [0.1, 0.15) is 31.2 Å². The maximum atomic E-state index is 14.3. The number of halogens is 1. The fourth-order valence-corrected chi connectivity index (χ4v) is 4.36. The number of benzene rings is 1. The van der Waals surface area contributed by atoms with Gasteiger partial charge in [0.1, 0.15) is 0 Å². The summed E-state index contributed by atoms with van der Waals surface area (Å²) in [6.07, 6.45) is 6.25. The van der Waals surface area contributed by atoms with Gasteiger partial charge >= 0.3 is 0 Å². The van der Waals surface area contributed by atoms with Crippen LogP contribution in [0.15, 0.2) is 18.2 Å². The lowest BCUT2D eigenvalue weighted by Crippen LogP contribution is -2.38. The molecule has 3 rings (SSSR count). The van der Waals surface area contributed by atoms with Crippen molar-refractivity contribution in [1.29, 1.82) is 0 Å². The molecule has 4 unspecified atom stereocenters. The summed E-state index contributed by atoms with van der Waals surface area (Å²) >= 11 is 0. The predicted molar refractivity (Wildman–Crippen MR) is 78.4 cm³/mol. The van der Waals surface area contributed by atoms with Gasteiger partial charge in [-0.05, 0) is 62.1 Å². The largest absolute Gasteiger partial charge is 0.494 e. The maximum absolute atomic E-state index is 14.3. The first-order chi connectivity index (χ1) is 9.72. The van der Waals surface area contributed by atoms with Crippen molar-refractivity contribution in [1.82, 2.24) is 5.32 Å². The van der Waals surface area contributed by atoms with Gasteiger partial charge < -0.3 is 10.1 Å². The Morgan fingerprint density at radius 3 is 2.80 bits per heavy atom. The molecule has 2 saturated carbocycles. The molecule has 3 heteroatoms. The zero-order valence-electron chi connectivity index (χ0n) is 12.4. The molecule has 0 aliphatic heterocycles. The minimum absolute atomic E-state index is 0.196. The average molecular weight is 277 g/mol. The van der Waals surface area contributed by atoms with Gasteiger partial charge in [0.05, 0.1) is 7.11 Å². The van der Waals surface area contributed by atoms with Crippen LogP contribution in [0, 0.1) is 23.6 Å². The highest BCUT2D eigenvalue weighted by Gasteiger charge is 2.42. The molecule has 0 heterocycles. The number of rotatable bonds is 5. The zero-order chi connectivity index (χ0) is 14.1. The van der Waals surface area contributed by atoms with Crippen LogP contribution in [-0.2, 0) is 6.42 Å². The molecule has 1 aromatic carbocycles. The zero-order valence-corrected chi connectivity index (χ0v) is 12.4. The van der Waals surface area contributed by atoms with E-state index in [1.807, 2.05) is 19.2 Å². The van der Waals surface area contributed by atoms with Crippen LogP contribution in [0.2, 0.25) is 0 Å². The van der Waals surface area contributed by atoms with E-state index in [0.717, 1.165) is 23.8 Å². The van der Waals surface area contributed by atoms with Crippen molar-refractivity contribution in [3.05, 3.63) is 29.6 Å². The Morgan fingerprint density at radius 1 is 1.35 bits per heavy atom. The molecular weight excluding hydrogens is 253 g/mol. The lowest BCUT2D eigenvalue weighted by Gasteiger charge is -2.30. The minimum atomic E-state index is -0.196. The highest BCUT2D eigenvalue weighted by molar-refractivity contribution is 5.31. The molecule has 0 amide bonds. The molecule has 2 bridgehead atoms. The van der Waals surface area contributed by atoms with E-state index in [2.05, 4.69) is 5.32 Å². The summed E-state index contributed by atoms with van der Waals surface area (Å²) in [5, 5.41) is 3.43. The molecule has 4 atom stereocenters. The molecule has 1 N–H and O–H groups in total. The Hall–Kier alpha value is -1.09. The number of nitrogens with one attached hydrogen (secondary N) is 1. The van der Waals surface area contributed by atoms with Crippen molar-refractivity contribution in [3.8, 4) is 5.75 Å². The first kappa shape index (κ1) is 13.9. The van der Waals surface area contributed by atoms with E-state index in [1.165, 1.54) is 32.8 Å². The Morgan fingerprint density at radius 2 is 2.20 bits per heavy atom. The van der Waals surface area contributed by atoms with Crippen LogP contribution < -0.4 is 10.1 Å². The van der Waals surface area contributed by atoms with Crippen molar-refractivity contribution < 1.29 is 9.13 Å². The molecule has 0 saturated heterocycles. The number of ether oxygens (including phenoxy) is 1. The lowest BCUT2D eigenvalue weighted by molar-refractivity contribution is 0.254. The van der Waals surface area contributed by atoms with E-state index in [9.17, 15) is 4.39 Å². The van der Waals surface area contributed by atoms with E-state index < -0.39 is 0 Å². The number of likely N-dealkylation sites (N-methyl/N-ethyl adjacent to an activating group) is 1. The second-order valence-electron chi connectivity index (χ2n) is 6.37. The number of fused-ring (bicyclic) bond motifs is 2. The molecule has 0 radical (unpaired) electrons. The van der Waals surface area contributed by atoms with Crippen molar-refractivity contribution >= 4 is 0 Å². The van der Waals surface area contributed by atoms with Gasteiger partial charge in [-0.25, -0.2) is 4.39 Å². The monoisotopic (exact) mass is 277 g/mol. The van der Waals surface area contributed by atoms with Crippen LogP contribution in [-0.4, -0.2) is 20.2 Å². The smallest absolute Gasteiger partial charge is 0.168 e. The van der Waals surface area contributed by atoms with E-state index in [1.54, 1.807) is 6.07 Å². The Balaban J connectivity index is 1.75. The SMILES string of the molecule is CNC(Cc1cccc(OC)c1F)C1CC2CCC1C2. The van der Waals surface area contributed by atoms with Crippen LogP contribution >= 0.6 is 0 Å². The molecular formula is C17H24FNO. The summed E-state index contributed by atoms with van der Waals surface area (Å²) in [7, 11) is 3.53. The molecule has 2 fully saturated rings. The first-order valence-electron chi connectivity index (χ1n) is 7.71. The first-order valence-corrected chi connectivity index (χ1v) is 7.71. The quantitative estimate of drug-likeness (QED) is 0.890. The topological polar surface area (TPSA) is 21.3 Å². The van der Waals surface area contributed by atoms with Gasteiger partial charge in [0, 0.05) is 6.04 Å². The number of hydrogen-bond donors (Lipinski definition) is 1. The Labute approximate surface area is 120 Å². The third-order valence-electron chi connectivity index (χ3n) is 5.38. The number of methoxy groups -OCH3 is 1. The summed E-state index contributed by atoms with van der Waals surface area (Å²) in [6, 6.07) is 5.83. The highest BCUT2D eigenvalue weighted by atomic mass is 19.1. The van der Waals surface area contributed by atoms with Gasteiger partial charge in [0.25, 0.3) is 0 Å². The lowest BCUT2D eigenvalue weighted by atomic mass is 9.81. The third kappa shape index (κ3) is 2.44. The highest BCUT2D eigenvalue weighted by Crippen LogP contribution is 2.49. The standard InChI is InChI=1S/C17H24FNO/c1-19-15(14-9-11-6-7-12(14)8-11)10-13-4-3-5-16(20-2)17(13)18/h3-5,11-12,14-15,19H,6-10H2,1-2H3. The predicted octanol–water partition coefficient (Wildman–Crippen LogP) is 3.40. The second-order valence-corrected chi connectivity index (χ2v) is 6.37. The minimum Gasteiger partial charge on any atom is -0.494 e. The molecule has 20 heavy (non-hydrogen) atoms. The fourth-order valence-electron chi connectivity index (χ4n) is 4.36. The second kappa shape index (κ2) is 5.72. The maximum Gasteiger partial charge on any atom is 0.168 e. The Bertz CT molecular complexity index is 476. The number of hydrogen-bond acceptors (Lipinski definition) is 2. The molecule has 0 spiro atoms. The third-order valence-corrected chi connectivity index (χ3v) is 5.38. The van der Waals surface area contributed by atoms with Crippen molar-refractivity contribution in [2.75, 3.05) is 14.2 Å². The van der Waals surface area contributed by atoms with Gasteiger partial charge in [-0.1, -0.05) is 18.6 Å². The molecule has 2 aliphatic carbocycles. The van der Waals surface area contributed by atoms with Gasteiger partial charge in [-0.3, -0.25) is 0 Å². The van der Waals surface area contributed by atoms with Gasteiger partial charge in [0.2, 0.25) is 0 Å². The molecule has 110 valence electrons. The van der Waals surface area contributed by atoms with Gasteiger partial charge in [-0.15, -0.1) is 0 Å². The normalized spacial score (nSPS) is 29.6. The molecule has 2 aliphatic rings. The van der Waals surface area contributed by atoms with Crippen LogP contribution in [0.3, 0.4) is 0 Å².